The predicted molar refractivity (Wildman–Crippen MR) is 123 cm³/mol. The van der Waals surface area contributed by atoms with E-state index >= 15 is 0 Å². The molecule has 3 nitrogen and oxygen atoms in total. The van der Waals surface area contributed by atoms with Crippen LogP contribution in [-0.2, 0) is 14.0 Å². The van der Waals surface area contributed by atoms with E-state index < -0.39 is 8.32 Å². The Balaban J connectivity index is 2.31. The van der Waals surface area contributed by atoms with E-state index in [0.29, 0.717) is 26.1 Å². The molecule has 2 aromatic carbocycles. The van der Waals surface area contributed by atoms with Crippen LogP contribution in [-0.4, -0.2) is 27.5 Å². The van der Waals surface area contributed by atoms with Gasteiger partial charge < -0.3 is 9.16 Å². The van der Waals surface area contributed by atoms with E-state index in [2.05, 4.69) is 94.4 Å². The lowest BCUT2D eigenvalue weighted by Crippen LogP contribution is -2.66. The van der Waals surface area contributed by atoms with Crippen molar-refractivity contribution in [2.75, 3.05) is 13.2 Å². The SMILES string of the molecule is CCOC(=O)CC/C=C(\C)CO[Si](c1ccccc1)(c1ccccc1)C(C)(C)C. The lowest BCUT2D eigenvalue weighted by Gasteiger charge is -2.43. The first kappa shape index (κ1) is 23.1. The number of allylic oxidation sites excluding steroid dienone is 1. The van der Waals surface area contributed by atoms with Gasteiger partial charge in [0.25, 0.3) is 8.32 Å². The third kappa shape index (κ3) is 5.91. The maximum Gasteiger partial charge on any atom is 0.306 e. The lowest BCUT2D eigenvalue weighted by molar-refractivity contribution is -0.143. The second-order valence-electron chi connectivity index (χ2n) is 8.35. The van der Waals surface area contributed by atoms with Crippen LogP contribution in [0.4, 0.5) is 0 Å². The average Bonchev–Trinajstić information content (AvgIpc) is 2.69. The van der Waals surface area contributed by atoms with Gasteiger partial charge in [-0.3, -0.25) is 4.79 Å². The van der Waals surface area contributed by atoms with Gasteiger partial charge in [0.05, 0.1) is 13.2 Å². The van der Waals surface area contributed by atoms with Gasteiger partial charge in [-0.1, -0.05) is 93.1 Å². The normalized spacial score (nSPS) is 12.7. The van der Waals surface area contributed by atoms with Gasteiger partial charge in [-0.05, 0) is 35.7 Å². The zero-order valence-corrected chi connectivity index (χ0v) is 19.4. The Morgan fingerprint density at radius 3 is 1.93 bits per heavy atom. The summed E-state index contributed by atoms with van der Waals surface area (Å²) in [6.07, 6.45) is 3.17. The van der Waals surface area contributed by atoms with Gasteiger partial charge in [-0.25, -0.2) is 0 Å². The minimum Gasteiger partial charge on any atom is -0.466 e. The Hall–Kier alpha value is -2.17. The molecule has 4 heteroatoms. The maximum atomic E-state index is 11.6. The summed E-state index contributed by atoms with van der Waals surface area (Å²) in [4.78, 5) is 11.6. The van der Waals surface area contributed by atoms with Crippen molar-refractivity contribution in [1.82, 2.24) is 0 Å². The molecule has 0 atom stereocenters. The molecule has 0 amide bonds. The standard InChI is InChI=1S/C25H34O3Si/c1-6-27-24(26)19-13-14-21(2)20-28-29(25(3,4)5,22-15-9-7-10-16-22)23-17-11-8-12-18-23/h7-12,14-18H,6,13,19-20H2,1-5H3/b21-14+. The first-order valence-electron chi connectivity index (χ1n) is 10.4. The number of esters is 1. The highest BCUT2D eigenvalue weighted by atomic mass is 28.4. The second kappa shape index (κ2) is 10.6. The molecule has 0 radical (unpaired) electrons. The topological polar surface area (TPSA) is 35.5 Å². The van der Waals surface area contributed by atoms with Gasteiger partial charge in [0.2, 0.25) is 0 Å². The van der Waals surface area contributed by atoms with E-state index in [1.54, 1.807) is 0 Å². The van der Waals surface area contributed by atoms with Gasteiger partial charge in [0.15, 0.2) is 0 Å². The third-order valence-electron chi connectivity index (χ3n) is 5.08. The van der Waals surface area contributed by atoms with E-state index in [-0.39, 0.29) is 11.0 Å². The minimum atomic E-state index is -2.52. The van der Waals surface area contributed by atoms with Gasteiger partial charge in [-0.15, -0.1) is 0 Å². The van der Waals surface area contributed by atoms with Crippen molar-refractivity contribution in [1.29, 1.82) is 0 Å². The summed E-state index contributed by atoms with van der Waals surface area (Å²) < 4.78 is 11.9. The maximum absolute atomic E-state index is 11.6. The van der Waals surface area contributed by atoms with Crippen molar-refractivity contribution in [3.05, 3.63) is 72.3 Å². The van der Waals surface area contributed by atoms with Crippen molar-refractivity contribution in [2.45, 2.75) is 52.5 Å². The molecule has 2 rings (SSSR count). The van der Waals surface area contributed by atoms with Crippen molar-refractivity contribution < 1.29 is 14.0 Å². The van der Waals surface area contributed by atoms with E-state index in [0.717, 1.165) is 5.57 Å². The van der Waals surface area contributed by atoms with Gasteiger partial charge in [-0.2, -0.15) is 0 Å². The summed E-state index contributed by atoms with van der Waals surface area (Å²) in [6.45, 7) is 11.7. The highest BCUT2D eigenvalue weighted by Gasteiger charge is 2.50. The van der Waals surface area contributed by atoms with Gasteiger partial charge in [0.1, 0.15) is 0 Å². The molecule has 0 fully saturated rings. The summed E-state index contributed by atoms with van der Waals surface area (Å²) in [6, 6.07) is 21.3. The van der Waals surface area contributed by atoms with Gasteiger partial charge in [0, 0.05) is 6.42 Å². The number of benzene rings is 2. The Morgan fingerprint density at radius 1 is 0.966 bits per heavy atom. The van der Waals surface area contributed by atoms with Crippen LogP contribution in [0, 0.1) is 0 Å². The van der Waals surface area contributed by atoms with Crippen LogP contribution >= 0.6 is 0 Å². The molecule has 0 heterocycles. The number of hydrogen-bond donors (Lipinski definition) is 0. The molecule has 0 saturated heterocycles. The monoisotopic (exact) mass is 410 g/mol. The third-order valence-corrected chi connectivity index (χ3v) is 10.1. The zero-order valence-electron chi connectivity index (χ0n) is 18.4. The van der Waals surface area contributed by atoms with Crippen LogP contribution in [0.25, 0.3) is 0 Å². The highest BCUT2D eigenvalue weighted by Crippen LogP contribution is 2.36. The molecule has 0 saturated carbocycles. The summed E-state index contributed by atoms with van der Waals surface area (Å²) in [5, 5.41) is 2.51. The van der Waals surface area contributed by atoms with E-state index in [1.165, 1.54) is 10.4 Å². The van der Waals surface area contributed by atoms with Crippen LogP contribution < -0.4 is 10.4 Å². The summed E-state index contributed by atoms with van der Waals surface area (Å²) in [7, 11) is -2.52. The van der Waals surface area contributed by atoms with E-state index in [4.69, 9.17) is 9.16 Å². The van der Waals surface area contributed by atoms with Crippen LogP contribution in [0.2, 0.25) is 5.04 Å². The lowest BCUT2D eigenvalue weighted by atomic mass is 10.2. The summed E-state index contributed by atoms with van der Waals surface area (Å²) >= 11 is 0. The molecule has 0 bridgehead atoms. The fraction of sp³-hybridized carbons (Fsp3) is 0.400. The molecule has 2 aromatic rings. The Morgan fingerprint density at radius 2 is 1.48 bits per heavy atom. The van der Waals surface area contributed by atoms with Crippen LogP contribution in [0.1, 0.15) is 47.5 Å². The Bertz CT molecular complexity index is 752. The van der Waals surface area contributed by atoms with Gasteiger partial charge >= 0.3 is 5.97 Å². The molecular weight excluding hydrogens is 376 g/mol. The van der Waals surface area contributed by atoms with Crippen molar-refractivity contribution in [2.24, 2.45) is 0 Å². The van der Waals surface area contributed by atoms with Crippen molar-refractivity contribution in [3.8, 4) is 0 Å². The summed E-state index contributed by atoms with van der Waals surface area (Å²) in [5.74, 6) is -0.149. The fourth-order valence-corrected chi connectivity index (χ4v) is 8.31. The number of hydrogen-bond acceptors (Lipinski definition) is 3. The highest BCUT2D eigenvalue weighted by molar-refractivity contribution is 6.99. The molecule has 0 spiro atoms. The number of carbonyl (C=O) groups excluding carboxylic acids is 1. The molecular formula is C25H34O3Si. The first-order valence-corrected chi connectivity index (χ1v) is 12.3. The van der Waals surface area contributed by atoms with Crippen molar-refractivity contribution in [3.63, 3.8) is 0 Å². The largest absolute Gasteiger partial charge is 0.466 e. The predicted octanol–water partition coefficient (Wildman–Crippen LogP) is 4.85. The molecule has 0 aliphatic rings. The molecule has 0 aliphatic heterocycles. The summed E-state index contributed by atoms with van der Waals surface area (Å²) in [5.41, 5.74) is 1.14. The Labute approximate surface area is 176 Å². The van der Waals surface area contributed by atoms with E-state index in [9.17, 15) is 4.79 Å². The molecule has 29 heavy (non-hydrogen) atoms. The average molecular weight is 411 g/mol. The minimum absolute atomic E-state index is 0.0408. The zero-order chi connectivity index (χ0) is 21.3. The fourth-order valence-electron chi connectivity index (χ4n) is 3.71. The van der Waals surface area contributed by atoms with Crippen LogP contribution in [0.15, 0.2) is 72.3 Å². The second-order valence-corrected chi connectivity index (χ2v) is 12.7. The van der Waals surface area contributed by atoms with Crippen molar-refractivity contribution >= 4 is 24.7 Å². The quantitative estimate of drug-likeness (QED) is 0.337. The molecule has 0 aliphatic carbocycles. The molecule has 0 unspecified atom stereocenters. The Kier molecular flexibility index (Phi) is 8.41. The molecule has 0 N–H and O–H groups in total. The van der Waals surface area contributed by atoms with Crippen LogP contribution in [0.5, 0.6) is 0 Å². The number of rotatable bonds is 9. The first-order chi connectivity index (χ1) is 13.8. The smallest absolute Gasteiger partial charge is 0.306 e. The van der Waals surface area contributed by atoms with E-state index in [1.807, 2.05) is 6.92 Å². The van der Waals surface area contributed by atoms with Crippen LogP contribution in [0.3, 0.4) is 0 Å². The molecule has 0 aromatic heterocycles. The molecule has 156 valence electrons. The number of carbonyl (C=O) groups is 1. The number of ether oxygens (including phenoxy) is 1.